The molecule has 1 aliphatic heterocycles. The van der Waals surface area contributed by atoms with Crippen molar-refractivity contribution < 1.29 is 4.79 Å². The molecule has 0 radical (unpaired) electrons. The SMILES string of the molecule is CC#CCNCCN1CCNC1=O. The summed E-state index contributed by atoms with van der Waals surface area (Å²) in [5, 5.41) is 5.89. The van der Waals surface area contributed by atoms with E-state index in [4.69, 9.17) is 0 Å². The molecule has 2 amide bonds. The zero-order valence-electron chi connectivity index (χ0n) is 7.89. The summed E-state index contributed by atoms with van der Waals surface area (Å²) in [5.74, 6) is 5.70. The molecule has 0 aromatic heterocycles. The second-order valence-electron chi connectivity index (χ2n) is 2.82. The van der Waals surface area contributed by atoms with Crippen molar-refractivity contribution in [1.29, 1.82) is 0 Å². The number of urea groups is 1. The average Bonchev–Trinajstić information content (AvgIpc) is 2.52. The highest BCUT2D eigenvalue weighted by molar-refractivity contribution is 5.76. The van der Waals surface area contributed by atoms with Crippen LogP contribution in [0.3, 0.4) is 0 Å². The molecule has 4 nitrogen and oxygen atoms in total. The Kier molecular flexibility index (Phi) is 4.13. The molecular weight excluding hydrogens is 166 g/mol. The normalized spacial score (nSPS) is 15.2. The van der Waals surface area contributed by atoms with Crippen LogP contribution in [0.1, 0.15) is 6.92 Å². The maximum absolute atomic E-state index is 11.1. The molecule has 0 saturated carbocycles. The van der Waals surface area contributed by atoms with Gasteiger partial charge in [0, 0.05) is 26.2 Å². The number of hydrogen-bond donors (Lipinski definition) is 2. The van der Waals surface area contributed by atoms with Crippen molar-refractivity contribution in [1.82, 2.24) is 15.5 Å². The molecule has 0 aliphatic carbocycles. The third-order valence-corrected chi connectivity index (χ3v) is 1.89. The lowest BCUT2D eigenvalue weighted by Gasteiger charge is -2.13. The van der Waals surface area contributed by atoms with E-state index in [2.05, 4.69) is 22.5 Å². The van der Waals surface area contributed by atoms with E-state index in [1.165, 1.54) is 0 Å². The highest BCUT2D eigenvalue weighted by atomic mass is 16.2. The molecule has 0 unspecified atom stereocenters. The van der Waals surface area contributed by atoms with Crippen molar-refractivity contribution in [3.8, 4) is 11.8 Å². The van der Waals surface area contributed by atoms with Gasteiger partial charge in [-0.3, -0.25) is 0 Å². The van der Waals surface area contributed by atoms with E-state index in [9.17, 15) is 4.79 Å². The number of carbonyl (C=O) groups excluding carboxylic acids is 1. The monoisotopic (exact) mass is 181 g/mol. The van der Waals surface area contributed by atoms with Gasteiger partial charge in [0.1, 0.15) is 0 Å². The Hall–Kier alpha value is -1.21. The minimum Gasteiger partial charge on any atom is -0.336 e. The van der Waals surface area contributed by atoms with Crippen molar-refractivity contribution >= 4 is 6.03 Å². The lowest BCUT2D eigenvalue weighted by atomic mass is 10.5. The quantitative estimate of drug-likeness (QED) is 0.459. The Morgan fingerprint density at radius 2 is 2.54 bits per heavy atom. The van der Waals surface area contributed by atoms with Gasteiger partial charge in [-0.1, -0.05) is 5.92 Å². The van der Waals surface area contributed by atoms with Crippen LogP contribution < -0.4 is 10.6 Å². The molecular formula is C9H15N3O. The number of nitrogens with one attached hydrogen (secondary N) is 2. The summed E-state index contributed by atoms with van der Waals surface area (Å²) in [7, 11) is 0. The average molecular weight is 181 g/mol. The number of rotatable bonds is 4. The van der Waals surface area contributed by atoms with Gasteiger partial charge in [-0.25, -0.2) is 4.79 Å². The van der Waals surface area contributed by atoms with E-state index in [1.807, 2.05) is 6.92 Å². The van der Waals surface area contributed by atoms with E-state index in [0.717, 1.165) is 26.2 Å². The summed E-state index contributed by atoms with van der Waals surface area (Å²) in [6.07, 6.45) is 0. The van der Waals surface area contributed by atoms with Crippen LogP contribution in [0, 0.1) is 11.8 Å². The van der Waals surface area contributed by atoms with Crippen LogP contribution in [-0.2, 0) is 0 Å². The van der Waals surface area contributed by atoms with Gasteiger partial charge in [0.2, 0.25) is 0 Å². The fourth-order valence-electron chi connectivity index (χ4n) is 1.18. The second kappa shape index (κ2) is 5.44. The van der Waals surface area contributed by atoms with E-state index in [-0.39, 0.29) is 6.03 Å². The summed E-state index contributed by atoms with van der Waals surface area (Å²) in [5.41, 5.74) is 0. The number of amides is 2. The Bertz CT molecular complexity index is 229. The van der Waals surface area contributed by atoms with Gasteiger partial charge in [-0.2, -0.15) is 0 Å². The summed E-state index contributed by atoms with van der Waals surface area (Å²) < 4.78 is 0. The van der Waals surface area contributed by atoms with Crippen molar-refractivity contribution in [3.63, 3.8) is 0 Å². The number of hydrogen-bond acceptors (Lipinski definition) is 2. The van der Waals surface area contributed by atoms with Crippen molar-refractivity contribution in [2.75, 3.05) is 32.7 Å². The van der Waals surface area contributed by atoms with E-state index in [0.29, 0.717) is 6.54 Å². The van der Waals surface area contributed by atoms with Crippen LogP contribution in [0.25, 0.3) is 0 Å². The molecule has 1 saturated heterocycles. The van der Waals surface area contributed by atoms with E-state index < -0.39 is 0 Å². The molecule has 0 spiro atoms. The van der Waals surface area contributed by atoms with Crippen LogP contribution in [0.15, 0.2) is 0 Å². The van der Waals surface area contributed by atoms with Crippen molar-refractivity contribution in [3.05, 3.63) is 0 Å². The molecule has 4 heteroatoms. The number of carbonyl (C=O) groups is 1. The molecule has 1 rings (SSSR count). The minimum atomic E-state index is 0.0448. The van der Waals surface area contributed by atoms with Crippen LogP contribution in [-0.4, -0.2) is 43.7 Å². The molecule has 1 heterocycles. The molecule has 2 N–H and O–H groups in total. The topological polar surface area (TPSA) is 44.4 Å². The van der Waals surface area contributed by atoms with Crippen LogP contribution in [0.5, 0.6) is 0 Å². The molecule has 1 fully saturated rings. The maximum atomic E-state index is 11.1. The first-order valence-electron chi connectivity index (χ1n) is 4.47. The van der Waals surface area contributed by atoms with Gasteiger partial charge in [0.25, 0.3) is 0 Å². The maximum Gasteiger partial charge on any atom is 0.317 e. The Balaban J connectivity index is 2.04. The first kappa shape index (κ1) is 9.87. The second-order valence-corrected chi connectivity index (χ2v) is 2.82. The standard InChI is InChI=1S/C9H15N3O/c1-2-3-4-10-5-7-12-8-6-11-9(12)13/h10H,4-8H2,1H3,(H,11,13). The summed E-state index contributed by atoms with van der Waals surface area (Å²) in [4.78, 5) is 12.9. The summed E-state index contributed by atoms with van der Waals surface area (Å²) in [6.45, 7) is 5.68. The Labute approximate surface area is 78.7 Å². The van der Waals surface area contributed by atoms with Crippen LogP contribution in [0.4, 0.5) is 4.79 Å². The third-order valence-electron chi connectivity index (χ3n) is 1.89. The minimum absolute atomic E-state index is 0.0448. The number of nitrogens with zero attached hydrogens (tertiary/aromatic N) is 1. The first-order chi connectivity index (χ1) is 6.34. The van der Waals surface area contributed by atoms with Crippen molar-refractivity contribution in [2.24, 2.45) is 0 Å². The lowest BCUT2D eigenvalue weighted by Crippen LogP contribution is -2.34. The molecule has 0 bridgehead atoms. The highest BCUT2D eigenvalue weighted by Crippen LogP contribution is 1.93. The van der Waals surface area contributed by atoms with Gasteiger partial charge >= 0.3 is 6.03 Å². The van der Waals surface area contributed by atoms with Gasteiger partial charge in [-0.15, -0.1) is 5.92 Å². The van der Waals surface area contributed by atoms with E-state index in [1.54, 1.807) is 4.90 Å². The predicted octanol–water partition coefficient (Wildman–Crippen LogP) is -0.375. The molecule has 0 aromatic carbocycles. The van der Waals surface area contributed by atoms with Crippen LogP contribution >= 0.6 is 0 Å². The smallest absolute Gasteiger partial charge is 0.317 e. The summed E-state index contributed by atoms with van der Waals surface area (Å²) in [6, 6.07) is 0.0448. The summed E-state index contributed by atoms with van der Waals surface area (Å²) >= 11 is 0. The predicted molar refractivity (Wildman–Crippen MR) is 51.3 cm³/mol. The molecule has 0 aromatic rings. The van der Waals surface area contributed by atoms with Gasteiger partial charge in [-0.05, 0) is 6.92 Å². The third kappa shape index (κ3) is 3.34. The highest BCUT2D eigenvalue weighted by Gasteiger charge is 2.17. The zero-order valence-corrected chi connectivity index (χ0v) is 7.89. The first-order valence-corrected chi connectivity index (χ1v) is 4.47. The Morgan fingerprint density at radius 1 is 1.69 bits per heavy atom. The largest absolute Gasteiger partial charge is 0.336 e. The zero-order chi connectivity index (χ0) is 9.52. The van der Waals surface area contributed by atoms with Gasteiger partial charge in [0.15, 0.2) is 0 Å². The molecule has 0 atom stereocenters. The van der Waals surface area contributed by atoms with Gasteiger partial charge in [0.05, 0.1) is 6.54 Å². The molecule has 13 heavy (non-hydrogen) atoms. The fraction of sp³-hybridized carbons (Fsp3) is 0.667. The fourth-order valence-corrected chi connectivity index (χ4v) is 1.18. The Morgan fingerprint density at radius 3 is 3.15 bits per heavy atom. The van der Waals surface area contributed by atoms with E-state index >= 15 is 0 Å². The van der Waals surface area contributed by atoms with Crippen molar-refractivity contribution in [2.45, 2.75) is 6.92 Å². The van der Waals surface area contributed by atoms with Gasteiger partial charge < -0.3 is 15.5 Å². The lowest BCUT2D eigenvalue weighted by molar-refractivity contribution is 0.217. The molecule has 1 aliphatic rings. The molecule has 72 valence electrons. The van der Waals surface area contributed by atoms with Crippen LogP contribution in [0.2, 0.25) is 0 Å².